The van der Waals surface area contributed by atoms with E-state index in [1.807, 2.05) is 0 Å². The van der Waals surface area contributed by atoms with Crippen LogP contribution in [0.25, 0.3) is 0 Å². The van der Waals surface area contributed by atoms with Crippen LogP contribution < -0.4 is 0 Å². The van der Waals surface area contributed by atoms with Gasteiger partial charge < -0.3 is 9.84 Å². The van der Waals surface area contributed by atoms with Crippen molar-refractivity contribution in [2.24, 2.45) is 0 Å². The molecule has 0 unspecified atom stereocenters. The maximum Gasteiger partial charge on any atom is 0.317 e. The molecule has 0 radical (unpaired) electrons. The number of unbranched alkanes of at least 4 members (excludes halogenated alkanes) is 1. The van der Waals surface area contributed by atoms with Crippen LogP contribution in [-0.2, 0) is 14.3 Å². The van der Waals surface area contributed by atoms with Crippen molar-refractivity contribution in [1.29, 1.82) is 0 Å². The van der Waals surface area contributed by atoms with Crippen LogP contribution in [0, 0.1) is 0 Å². The van der Waals surface area contributed by atoms with Crippen molar-refractivity contribution < 1.29 is 19.4 Å². The van der Waals surface area contributed by atoms with Gasteiger partial charge in [0.2, 0.25) is 0 Å². The van der Waals surface area contributed by atoms with Crippen molar-refractivity contribution in [3.8, 4) is 0 Å². The molecule has 0 amide bonds. The Morgan fingerprint density at radius 2 is 1.87 bits per heavy atom. The quantitative estimate of drug-likeness (QED) is 0.419. The highest BCUT2D eigenvalue weighted by Gasteiger charge is 2.23. The Hall–Kier alpha value is -0.294. The lowest BCUT2D eigenvalue weighted by atomic mass is 10.0. The largest absolute Gasteiger partial charge is 0.481 e. The molecule has 0 saturated carbocycles. The number of aliphatic carboxylic acids is 1. The third-order valence-electron chi connectivity index (χ3n) is 1.82. The Bertz CT molecular complexity index is 213. The van der Waals surface area contributed by atoms with Crippen LogP contribution in [0.3, 0.4) is 0 Å². The first-order valence-corrected chi connectivity index (χ1v) is 4.81. The van der Waals surface area contributed by atoms with Gasteiger partial charge in [0.15, 0.2) is 0 Å². The van der Waals surface area contributed by atoms with Gasteiger partial charge in [0.25, 0.3) is 0 Å². The minimum atomic E-state index is -1.15. The molecule has 0 aliphatic heterocycles. The van der Waals surface area contributed by atoms with E-state index in [1.165, 1.54) is 0 Å². The first-order valence-electron chi connectivity index (χ1n) is 4.81. The second-order valence-electron chi connectivity index (χ2n) is 3.91. The number of carboxylic acids is 1. The lowest BCUT2D eigenvalue weighted by molar-refractivity contribution is -0.161. The maximum atomic E-state index is 11.0. The lowest BCUT2D eigenvalue weighted by Gasteiger charge is -2.24. The fraction of sp³-hybridized carbons (Fsp3) is 0.800. The fourth-order valence-electron chi connectivity index (χ4n) is 1.12. The van der Waals surface area contributed by atoms with E-state index in [1.54, 1.807) is 13.8 Å². The number of ether oxygens (including phenoxy) is 1. The van der Waals surface area contributed by atoms with Crippen molar-refractivity contribution in [3.63, 3.8) is 0 Å². The molecule has 0 saturated heterocycles. The second-order valence-corrected chi connectivity index (χ2v) is 3.91. The zero-order valence-electron chi connectivity index (χ0n) is 9.00. The highest BCUT2D eigenvalue weighted by atomic mass is 24.3. The molecule has 0 fully saturated rings. The summed E-state index contributed by atoms with van der Waals surface area (Å²) in [5.41, 5.74) is -0.553. The molecule has 15 heavy (non-hydrogen) atoms. The van der Waals surface area contributed by atoms with Crippen LogP contribution >= 0.6 is 0 Å². The van der Waals surface area contributed by atoms with Gasteiger partial charge in [-0.15, -0.1) is 0 Å². The Labute approximate surface area is 107 Å². The normalized spacial score (nSPS) is 10.3. The van der Waals surface area contributed by atoms with Crippen molar-refractivity contribution in [1.82, 2.24) is 0 Å². The molecular formula is C10H20MgO4. The van der Waals surface area contributed by atoms with Crippen molar-refractivity contribution >= 4 is 35.0 Å². The molecular weight excluding hydrogens is 208 g/mol. The van der Waals surface area contributed by atoms with Gasteiger partial charge in [-0.05, 0) is 26.7 Å². The van der Waals surface area contributed by atoms with Crippen molar-refractivity contribution in [2.75, 3.05) is 0 Å². The van der Waals surface area contributed by atoms with Crippen LogP contribution in [0.15, 0.2) is 0 Å². The molecule has 0 rings (SSSR count). The zero-order chi connectivity index (χ0) is 11.2. The molecule has 0 heterocycles. The van der Waals surface area contributed by atoms with Gasteiger partial charge in [-0.3, -0.25) is 9.59 Å². The van der Waals surface area contributed by atoms with Crippen molar-refractivity contribution in [3.05, 3.63) is 0 Å². The average molecular weight is 229 g/mol. The van der Waals surface area contributed by atoms with Crippen LogP contribution in [0.5, 0.6) is 0 Å². The number of esters is 1. The summed E-state index contributed by atoms with van der Waals surface area (Å²) in [4.78, 5) is 21.2. The molecule has 0 aromatic rings. The summed E-state index contributed by atoms with van der Waals surface area (Å²) in [6.45, 7) is 5.64. The third-order valence-corrected chi connectivity index (χ3v) is 1.82. The Morgan fingerprint density at radius 1 is 1.33 bits per heavy atom. The molecule has 0 aliphatic carbocycles. The summed E-state index contributed by atoms with van der Waals surface area (Å²) in [5.74, 6) is -1.82. The molecule has 86 valence electrons. The number of carbonyl (C=O) groups excluding carboxylic acids is 1. The summed E-state index contributed by atoms with van der Waals surface area (Å²) >= 11 is 0. The molecule has 0 aromatic carbocycles. The molecule has 0 aliphatic rings. The van der Waals surface area contributed by atoms with E-state index in [4.69, 9.17) is 9.84 Å². The minimum Gasteiger partial charge on any atom is -0.481 e. The van der Waals surface area contributed by atoms with Gasteiger partial charge >= 0.3 is 35.0 Å². The van der Waals surface area contributed by atoms with Gasteiger partial charge in [0, 0.05) is 0 Å². The smallest absolute Gasteiger partial charge is 0.317 e. The minimum absolute atomic E-state index is 0. The predicted octanol–water partition coefficient (Wildman–Crippen LogP) is 1.06. The summed E-state index contributed by atoms with van der Waals surface area (Å²) in [6.07, 6.45) is 2.19. The Kier molecular flexibility index (Phi) is 9.04. The van der Waals surface area contributed by atoms with Gasteiger partial charge in [-0.25, -0.2) is 0 Å². The molecule has 4 nitrogen and oxygen atoms in total. The monoisotopic (exact) mass is 228 g/mol. The second kappa shape index (κ2) is 7.93. The average Bonchev–Trinajstić information content (AvgIpc) is 1.98. The summed E-state index contributed by atoms with van der Waals surface area (Å²) in [5, 5.41) is 8.36. The number of carbonyl (C=O) groups is 2. The Balaban J connectivity index is 0. The van der Waals surface area contributed by atoms with E-state index in [-0.39, 0.29) is 23.1 Å². The van der Waals surface area contributed by atoms with E-state index >= 15 is 0 Å². The molecule has 5 heteroatoms. The molecule has 1 N–H and O–H groups in total. The van der Waals surface area contributed by atoms with E-state index < -0.39 is 24.0 Å². The van der Waals surface area contributed by atoms with Crippen LogP contribution in [-0.4, -0.2) is 45.7 Å². The maximum absolute atomic E-state index is 11.0. The van der Waals surface area contributed by atoms with Gasteiger partial charge in [-0.2, -0.15) is 0 Å². The number of hydrogen-bond donors (Lipinski definition) is 1. The zero-order valence-corrected chi connectivity index (χ0v) is 9.00. The summed E-state index contributed by atoms with van der Waals surface area (Å²) in [6, 6.07) is 0. The predicted molar refractivity (Wildman–Crippen MR) is 60.5 cm³/mol. The van der Waals surface area contributed by atoms with E-state index in [9.17, 15) is 9.59 Å². The molecule has 0 atom stereocenters. The molecule has 0 bridgehead atoms. The van der Waals surface area contributed by atoms with Crippen molar-refractivity contribution in [2.45, 2.75) is 52.1 Å². The number of hydrogen-bond acceptors (Lipinski definition) is 3. The first-order chi connectivity index (χ1) is 6.37. The standard InChI is InChI=1S/C10H18O4.Mg.2H/c1-4-5-6-10(2,3)14-9(13)7-8(11)12;;;/h4-7H2,1-3H3,(H,11,12);;;. The molecule has 0 spiro atoms. The summed E-state index contributed by atoms with van der Waals surface area (Å²) in [7, 11) is 0. The van der Waals surface area contributed by atoms with E-state index in [2.05, 4.69) is 6.92 Å². The summed E-state index contributed by atoms with van der Waals surface area (Å²) < 4.78 is 5.03. The van der Waals surface area contributed by atoms with Crippen LogP contribution in [0.1, 0.15) is 46.5 Å². The SMILES string of the molecule is CCCCC(C)(C)OC(=O)CC(=O)O.[MgH2]. The number of rotatable bonds is 6. The van der Waals surface area contributed by atoms with Crippen LogP contribution in [0.4, 0.5) is 0 Å². The van der Waals surface area contributed by atoms with E-state index in [0.29, 0.717) is 0 Å². The van der Waals surface area contributed by atoms with E-state index in [0.717, 1.165) is 19.3 Å². The Morgan fingerprint density at radius 3 is 2.27 bits per heavy atom. The molecule has 0 aromatic heterocycles. The van der Waals surface area contributed by atoms with Gasteiger partial charge in [0.05, 0.1) is 0 Å². The highest BCUT2D eigenvalue weighted by molar-refractivity contribution is 5.90. The van der Waals surface area contributed by atoms with Gasteiger partial charge in [-0.1, -0.05) is 13.3 Å². The van der Waals surface area contributed by atoms with Gasteiger partial charge in [0.1, 0.15) is 12.0 Å². The fourth-order valence-corrected chi connectivity index (χ4v) is 1.12. The lowest BCUT2D eigenvalue weighted by Crippen LogP contribution is -2.28. The highest BCUT2D eigenvalue weighted by Crippen LogP contribution is 2.18. The topological polar surface area (TPSA) is 63.6 Å². The third kappa shape index (κ3) is 10.00. The first kappa shape index (κ1) is 17.1. The number of carboxylic acid groups (broad SMARTS) is 1. The van der Waals surface area contributed by atoms with Crippen LogP contribution in [0.2, 0.25) is 0 Å².